The number of rotatable bonds is 9. The zero-order chi connectivity index (χ0) is 15.9. The third kappa shape index (κ3) is 5.58. The van der Waals surface area contributed by atoms with Crippen LogP contribution < -0.4 is 10.0 Å². The molecule has 6 heteroatoms. The number of hydrogen-bond donors (Lipinski definition) is 2. The molecule has 0 bridgehead atoms. The fraction of sp³-hybridized carbons (Fsp3) is 0.600. The second-order valence-electron chi connectivity index (χ2n) is 5.07. The van der Waals surface area contributed by atoms with Gasteiger partial charge in [-0.05, 0) is 43.1 Å². The van der Waals surface area contributed by atoms with Gasteiger partial charge < -0.3 is 5.32 Å². The molecule has 21 heavy (non-hydrogen) atoms. The highest BCUT2D eigenvalue weighted by Gasteiger charge is 2.19. The Morgan fingerprint density at radius 3 is 2.52 bits per heavy atom. The van der Waals surface area contributed by atoms with Crippen molar-refractivity contribution in [2.75, 3.05) is 13.1 Å². The van der Waals surface area contributed by atoms with Crippen molar-refractivity contribution in [3.63, 3.8) is 0 Å². The average Bonchev–Trinajstić information content (AvgIpc) is 2.44. The zero-order valence-electron chi connectivity index (χ0n) is 13.0. The number of hydrogen-bond acceptors (Lipinski definition) is 3. The summed E-state index contributed by atoms with van der Waals surface area (Å²) in [6, 6.07) is 3.34. The Bertz CT molecular complexity index is 559. The minimum atomic E-state index is -3.50. The molecule has 0 atom stereocenters. The summed E-state index contributed by atoms with van der Waals surface area (Å²) in [5.41, 5.74) is 1.67. The van der Waals surface area contributed by atoms with Gasteiger partial charge >= 0.3 is 0 Å². The van der Waals surface area contributed by atoms with Gasteiger partial charge in [0, 0.05) is 18.1 Å². The Morgan fingerprint density at radius 2 is 1.90 bits per heavy atom. The maximum Gasteiger partial charge on any atom is 0.240 e. The molecule has 0 fully saturated rings. The third-order valence-corrected chi connectivity index (χ3v) is 5.17. The Balaban J connectivity index is 2.97. The maximum atomic E-state index is 12.4. The highest BCUT2D eigenvalue weighted by Crippen LogP contribution is 2.24. The van der Waals surface area contributed by atoms with Crippen molar-refractivity contribution in [3.8, 4) is 0 Å². The Kier molecular flexibility index (Phi) is 7.66. The van der Waals surface area contributed by atoms with Gasteiger partial charge in [-0.15, -0.1) is 0 Å². The summed E-state index contributed by atoms with van der Waals surface area (Å²) in [7, 11) is -3.50. The highest BCUT2D eigenvalue weighted by atomic mass is 35.5. The number of unbranched alkanes of at least 4 members (excludes halogenated alkanes) is 2. The molecular weight excluding hydrogens is 308 g/mol. The molecule has 1 aromatic rings. The average molecular weight is 333 g/mol. The van der Waals surface area contributed by atoms with Crippen LogP contribution in [0.2, 0.25) is 5.02 Å². The van der Waals surface area contributed by atoms with E-state index in [0.717, 1.165) is 36.9 Å². The van der Waals surface area contributed by atoms with E-state index in [2.05, 4.69) is 17.0 Å². The number of benzene rings is 1. The predicted molar refractivity (Wildman–Crippen MR) is 88.3 cm³/mol. The molecule has 0 aliphatic rings. The van der Waals surface area contributed by atoms with Crippen LogP contribution in [0.3, 0.4) is 0 Å². The number of sulfonamides is 1. The fourth-order valence-corrected chi connectivity index (χ4v) is 3.78. The lowest BCUT2D eigenvalue weighted by Gasteiger charge is -2.14. The van der Waals surface area contributed by atoms with Crippen LogP contribution in [0.25, 0.3) is 0 Å². The molecular formula is C15H25ClN2O2S. The van der Waals surface area contributed by atoms with Crippen LogP contribution in [0.5, 0.6) is 0 Å². The van der Waals surface area contributed by atoms with Crippen molar-refractivity contribution in [2.45, 2.75) is 51.5 Å². The highest BCUT2D eigenvalue weighted by molar-refractivity contribution is 7.89. The summed E-state index contributed by atoms with van der Waals surface area (Å²) >= 11 is 6.07. The van der Waals surface area contributed by atoms with E-state index in [0.29, 0.717) is 18.1 Å². The van der Waals surface area contributed by atoms with Crippen molar-refractivity contribution in [2.24, 2.45) is 0 Å². The lowest BCUT2D eigenvalue weighted by atomic mass is 10.1. The van der Waals surface area contributed by atoms with Gasteiger partial charge in [-0.3, -0.25) is 0 Å². The van der Waals surface area contributed by atoms with E-state index in [1.807, 2.05) is 19.9 Å². The Morgan fingerprint density at radius 1 is 1.19 bits per heavy atom. The van der Waals surface area contributed by atoms with Crippen LogP contribution in [0.4, 0.5) is 0 Å². The van der Waals surface area contributed by atoms with Crippen molar-refractivity contribution in [1.82, 2.24) is 10.0 Å². The minimum Gasteiger partial charge on any atom is -0.313 e. The van der Waals surface area contributed by atoms with Crippen molar-refractivity contribution < 1.29 is 8.42 Å². The standard InChI is InChI=1S/C15H25ClN2O2S/c1-4-6-7-8-18-21(19,20)15-10-14(16)9-13(12(15)3)11-17-5-2/h9-10,17-18H,4-8,11H2,1-3H3. The third-order valence-electron chi connectivity index (χ3n) is 3.36. The monoisotopic (exact) mass is 332 g/mol. The van der Waals surface area contributed by atoms with Crippen LogP contribution in [-0.4, -0.2) is 21.5 Å². The molecule has 0 unspecified atom stereocenters. The van der Waals surface area contributed by atoms with Gasteiger partial charge in [-0.25, -0.2) is 13.1 Å². The van der Waals surface area contributed by atoms with Crippen LogP contribution >= 0.6 is 11.6 Å². The van der Waals surface area contributed by atoms with Gasteiger partial charge in [-0.1, -0.05) is 38.3 Å². The van der Waals surface area contributed by atoms with Gasteiger partial charge in [0.15, 0.2) is 0 Å². The molecule has 0 radical (unpaired) electrons. The van der Waals surface area contributed by atoms with E-state index in [1.54, 1.807) is 0 Å². The summed E-state index contributed by atoms with van der Waals surface area (Å²) in [6.07, 6.45) is 2.92. The molecule has 1 aromatic carbocycles. The summed E-state index contributed by atoms with van der Waals surface area (Å²) in [6.45, 7) is 7.81. The van der Waals surface area contributed by atoms with E-state index in [-0.39, 0.29) is 4.90 Å². The molecule has 4 nitrogen and oxygen atoms in total. The van der Waals surface area contributed by atoms with Crippen LogP contribution in [0.1, 0.15) is 44.2 Å². The molecule has 0 heterocycles. The largest absolute Gasteiger partial charge is 0.313 e. The molecule has 0 aliphatic heterocycles. The second kappa shape index (κ2) is 8.73. The van der Waals surface area contributed by atoms with E-state index < -0.39 is 10.0 Å². The fourth-order valence-electron chi connectivity index (χ4n) is 2.09. The first-order chi connectivity index (χ1) is 9.92. The van der Waals surface area contributed by atoms with Gasteiger partial charge in [-0.2, -0.15) is 0 Å². The number of halogens is 1. The molecule has 2 N–H and O–H groups in total. The Labute approximate surface area is 133 Å². The molecule has 1 rings (SSSR count). The van der Waals surface area contributed by atoms with E-state index in [4.69, 9.17) is 11.6 Å². The first kappa shape index (κ1) is 18.4. The first-order valence-electron chi connectivity index (χ1n) is 7.41. The molecule has 0 saturated carbocycles. The molecule has 0 spiro atoms. The number of nitrogens with one attached hydrogen (secondary N) is 2. The summed E-state index contributed by atoms with van der Waals surface area (Å²) in [5, 5.41) is 3.64. The lowest BCUT2D eigenvalue weighted by Crippen LogP contribution is -2.26. The molecule has 0 saturated heterocycles. The topological polar surface area (TPSA) is 58.2 Å². The molecule has 120 valence electrons. The minimum absolute atomic E-state index is 0.277. The van der Waals surface area contributed by atoms with Crippen LogP contribution in [0.15, 0.2) is 17.0 Å². The molecule has 0 aliphatic carbocycles. The van der Waals surface area contributed by atoms with Gasteiger partial charge in [0.05, 0.1) is 4.90 Å². The Hall–Kier alpha value is -0.620. The van der Waals surface area contributed by atoms with E-state index in [1.165, 1.54) is 6.07 Å². The van der Waals surface area contributed by atoms with E-state index >= 15 is 0 Å². The van der Waals surface area contributed by atoms with Gasteiger partial charge in [0.1, 0.15) is 0 Å². The quantitative estimate of drug-likeness (QED) is 0.683. The lowest BCUT2D eigenvalue weighted by molar-refractivity contribution is 0.575. The normalized spacial score (nSPS) is 11.8. The predicted octanol–water partition coefficient (Wildman–Crippen LogP) is 3.23. The first-order valence-corrected chi connectivity index (χ1v) is 9.27. The maximum absolute atomic E-state index is 12.4. The molecule has 0 aromatic heterocycles. The molecule has 0 amide bonds. The smallest absolute Gasteiger partial charge is 0.240 e. The van der Waals surface area contributed by atoms with Crippen molar-refractivity contribution in [1.29, 1.82) is 0 Å². The van der Waals surface area contributed by atoms with Gasteiger partial charge in [0.25, 0.3) is 0 Å². The van der Waals surface area contributed by atoms with Gasteiger partial charge in [0.2, 0.25) is 10.0 Å². The van der Waals surface area contributed by atoms with Crippen molar-refractivity contribution >= 4 is 21.6 Å². The summed E-state index contributed by atoms with van der Waals surface area (Å²) < 4.78 is 27.5. The summed E-state index contributed by atoms with van der Waals surface area (Å²) in [4.78, 5) is 0.277. The second-order valence-corrected chi connectivity index (χ2v) is 7.25. The summed E-state index contributed by atoms with van der Waals surface area (Å²) in [5.74, 6) is 0. The van der Waals surface area contributed by atoms with E-state index in [9.17, 15) is 8.42 Å². The van der Waals surface area contributed by atoms with Crippen LogP contribution in [0, 0.1) is 6.92 Å². The van der Waals surface area contributed by atoms with Crippen LogP contribution in [-0.2, 0) is 16.6 Å². The zero-order valence-corrected chi connectivity index (χ0v) is 14.6. The van der Waals surface area contributed by atoms with Crippen molar-refractivity contribution in [3.05, 3.63) is 28.3 Å². The SMILES string of the molecule is CCCCCNS(=O)(=O)c1cc(Cl)cc(CNCC)c1C.